The number of aryl methyl sites for hydroxylation is 6. The Bertz CT molecular complexity index is 2040. The van der Waals surface area contributed by atoms with Crippen molar-refractivity contribution in [3.8, 4) is 11.5 Å². The van der Waals surface area contributed by atoms with E-state index in [2.05, 4.69) is 0 Å². The largest absolute Gasteiger partial charge is 0.433 e. The second-order valence-corrected chi connectivity index (χ2v) is 14.4. The van der Waals surface area contributed by atoms with Gasteiger partial charge in [0.2, 0.25) is 0 Å². The summed E-state index contributed by atoms with van der Waals surface area (Å²) in [4.78, 5) is -1.02. The fraction of sp³-hybridized carbons (Fsp3) is 0.273. The SMILES string of the molecule is Cc1ccc(S(=O)(=O)Oc2c(C)cc(C)cc2C(F)(F)C(F)(c2cc(C)cc(C)c2OS(=O)(=O)c2ccc(C)cc2)C(F)(F)F)cc1. The first kappa shape index (κ1) is 35.8. The van der Waals surface area contributed by atoms with Gasteiger partial charge in [-0.1, -0.05) is 58.7 Å². The Balaban J connectivity index is 2.00. The Morgan fingerprint density at radius 1 is 0.489 bits per heavy atom. The van der Waals surface area contributed by atoms with Gasteiger partial charge in [-0.15, -0.1) is 0 Å². The molecule has 0 saturated carbocycles. The molecule has 4 aromatic rings. The Morgan fingerprint density at radius 3 is 1.19 bits per heavy atom. The molecule has 1 atom stereocenters. The zero-order valence-electron chi connectivity index (χ0n) is 26.0. The maximum atomic E-state index is 17.0. The van der Waals surface area contributed by atoms with Gasteiger partial charge in [-0.2, -0.15) is 38.8 Å². The fourth-order valence-electron chi connectivity index (χ4n) is 5.03. The average Bonchev–Trinajstić information content (AvgIpc) is 2.95. The molecule has 0 aliphatic carbocycles. The van der Waals surface area contributed by atoms with Crippen LogP contribution in [0.1, 0.15) is 44.5 Å². The van der Waals surface area contributed by atoms with Crippen molar-refractivity contribution >= 4 is 20.2 Å². The monoisotopic (exact) mass is 700 g/mol. The summed E-state index contributed by atoms with van der Waals surface area (Å²) in [5.41, 5.74) is -8.90. The minimum atomic E-state index is -6.42. The highest BCUT2D eigenvalue weighted by Gasteiger charge is 2.74. The molecule has 4 aromatic carbocycles. The highest BCUT2D eigenvalue weighted by molar-refractivity contribution is 7.87. The van der Waals surface area contributed by atoms with Gasteiger partial charge in [-0.05, 0) is 89.1 Å². The summed E-state index contributed by atoms with van der Waals surface area (Å²) in [6, 6.07) is 13.1. The lowest BCUT2D eigenvalue weighted by molar-refractivity contribution is -0.315. The van der Waals surface area contributed by atoms with Gasteiger partial charge in [0, 0.05) is 5.56 Å². The van der Waals surface area contributed by atoms with E-state index in [4.69, 9.17) is 8.37 Å². The topological polar surface area (TPSA) is 86.7 Å². The summed E-state index contributed by atoms with van der Waals surface area (Å²) in [6.45, 7) is 7.90. The maximum Gasteiger partial charge on any atom is 0.433 e. The highest BCUT2D eigenvalue weighted by Crippen LogP contribution is 2.61. The number of hydrogen-bond acceptors (Lipinski definition) is 6. The van der Waals surface area contributed by atoms with Gasteiger partial charge in [0.1, 0.15) is 9.79 Å². The van der Waals surface area contributed by atoms with Crippen molar-refractivity contribution in [3.63, 3.8) is 0 Å². The number of alkyl halides is 6. The van der Waals surface area contributed by atoms with Crippen molar-refractivity contribution in [1.29, 1.82) is 0 Å². The predicted molar refractivity (Wildman–Crippen MR) is 163 cm³/mol. The van der Waals surface area contributed by atoms with Gasteiger partial charge in [0.25, 0.3) is 0 Å². The minimum absolute atomic E-state index is 0.0689. The van der Waals surface area contributed by atoms with Crippen LogP contribution in [0, 0.1) is 41.5 Å². The molecule has 0 aromatic heterocycles. The second-order valence-electron chi connectivity index (χ2n) is 11.3. The molecule has 0 fully saturated rings. The molecule has 0 aliphatic rings. The molecule has 0 radical (unpaired) electrons. The average molecular weight is 701 g/mol. The van der Waals surface area contributed by atoms with Gasteiger partial charge in [-0.3, -0.25) is 0 Å². The number of hydrogen-bond donors (Lipinski definition) is 0. The van der Waals surface area contributed by atoms with Crippen LogP contribution in [0.25, 0.3) is 0 Å². The third-order valence-electron chi connectivity index (χ3n) is 7.38. The first-order valence-electron chi connectivity index (χ1n) is 13.9. The lowest BCUT2D eigenvalue weighted by atomic mass is 9.81. The van der Waals surface area contributed by atoms with E-state index in [1.54, 1.807) is 13.8 Å². The van der Waals surface area contributed by atoms with Crippen LogP contribution in [-0.2, 0) is 31.8 Å². The van der Waals surface area contributed by atoms with Crippen LogP contribution < -0.4 is 8.37 Å². The Morgan fingerprint density at radius 2 is 0.830 bits per heavy atom. The summed E-state index contributed by atoms with van der Waals surface area (Å²) in [7, 11) is -9.88. The number of rotatable bonds is 9. The van der Waals surface area contributed by atoms with E-state index in [-0.39, 0.29) is 16.7 Å². The smallest absolute Gasteiger partial charge is 0.378 e. The minimum Gasteiger partial charge on any atom is -0.378 e. The van der Waals surface area contributed by atoms with Crippen molar-refractivity contribution in [3.05, 3.63) is 117 Å². The predicted octanol–water partition coefficient (Wildman–Crippen LogP) is 8.59. The van der Waals surface area contributed by atoms with E-state index in [1.807, 2.05) is 0 Å². The van der Waals surface area contributed by atoms with Crippen LogP contribution in [0.2, 0.25) is 0 Å². The van der Waals surface area contributed by atoms with Crippen LogP contribution in [-0.4, -0.2) is 23.0 Å². The van der Waals surface area contributed by atoms with Crippen molar-refractivity contribution in [2.45, 2.75) is 69.1 Å². The first-order valence-corrected chi connectivity index (χ1v) is 16.7. The van der Waals surface area contributed by atoms with Crippen LogP contribution in [0.4, 0.5) is 26.3 Å². The fourth-order valence-corrected chi connectivity index (χ4v) is 7.04. The lowest BCUT2D eigenvalue weighted by Crippen LogP contribution is -2.51. The van der Waals surface area contributed by atoms with Crippen molar-refractivity contribution < 1.29 is 51.5 Å². The molecule has 252 valence electrons. The van der Waals surface area contributed by atoms with E-state index in [0.717, 1.165) is 44.2 Å². The molecule has 0 amide bonds. The van der Waals surface area contributed by atoms with Crippen LogP contribution in [0.5, 0.6) is 11.5 Å². The van der Waals surface area contributed by atoms with E-state index in [9.17, 15) is 30.0 Å². The molecular formula is C33H30F6O6S2. The molecule has 47 heavy (non-hydrogen) atoms. The summed E-state index contributed by atoms with van der Waals surface area (Å²) in [5, 5.41) is 0. The second kappa shape index (κ2) is 12.2. The van der Waals surface area contributed by atoms with E-state index >= 15 is 13.2 Å². The van der Waals surface area contributed by atoms with Crippen molar-refractivity contribution in [1.82, 2.24) is 0 Å². The van der Waals surface area contributed by atoms with Crippen LogP contribution in [0.15, 0.2) is 82.6 Å². The van der Waals surface area contributed by atoms with Crippen molar-refractivity contribution in [2.75, 3.05) is 0 Å². The summed E-state index contributed by atoms with van der Waals surface area (Å²) >= 11 is 0. The molecule has 0 N–H and O–H groups in total. The molecule has 0 saturated heterocycles. The molecule has 1 unspecified atom stereocenters. The van der Waals surface area contributed by atoms with E-state index in [1.165, 1.54) is 44.2 Å². The number of benzene rings is 4. The Hall–Kier alpha value is -4.04. The number of halogens is 6. The van der Waals surface area contributed by atoms with Crippen molar-refractivity contribution in [2.24, 2.45) is 0 Å². The maximum absolute atomic E-state index is 17.0. The molecule has 6 nitrogen and oxygen atoms in total. The first-order chi connectivity index (χ1) is 21.5. The third-order valence-corrected chi connectivity index (χ3v) is 9.85. The lowest BCUT2D eigenvalue weighted by Gasteiger charge is -2.37. The van der Waals surface area contributed by atoms with Gasteiger partial charge in [0.15, 0.2) is 11.5 Å². The molecule has 0 aliphatic heterocycles. The zero-order valence-corrected chi connectivity index (χ0v) is 27.6. The Kier molecular flexibility index (Phi) is 9.30. The van der Waals surface area contributed by atoms with Crippen LogP contribution >= 0.6 is 0 Å². The van der Waals surface area contributed by atoms with Gasteiger partial charge in [-0.25, -0.2) is 4.39 Å². The standard InChI is InChI=1S/C33H30F6O6S2/c1-19-7-11-25(12-8-19)46(40,41)44-29-23(5)15-21(3)17-27(29)31(34,33(37,38)39)32(35,36)28-18-22(4)16-24(6)30(28)45-47(42,43)26-13-9-20(2)10-14-26/h7-18H,1-6H3. The summed E-state index contributed by atoms with van der Waals surface area (Å²) in [6.07, 6.45) is -6.42. The van der Waals surface area contributed by atoms with Gasteiger partial charge < -0.3 is 8.37 Å². The summed E-state index contributed by atoms with van der Waals surface area (Å²) in [5.74, 6) is -8.17. The molecule has 0 heterocycles. The molecular weight excluding hydrogens is 670 g/mol. The highest BCUT2D eigenvalue weighted by atomic mass is 32.2. The quantitative estimate of drug-likeness (QED) is 0.128. The molecule has 0 spiro atoms. The molecule has 0 bridgehead atoms. The zero-order chi connectivity index (χ0) is 35.3. The van der Waals surface area contributed by atoms with Gasteiger partial charge >= 0.3 is 38.0 Å². The summed E-state index contributed by atoms with van der Waals surface area (Å²) < 4.78 is 158. The molecule has 14 heteroatoms. The Labute approximate surface area is 269 Å². The third kappa shape index (κ3) is 6.71. The molecule has 4 rings (SSSR count). The normalized spacial score (nSPS) is 14.0. The van der Waals surface area contributed by atoms with E-state index in [0.29, 0.717) is 23.3 Å². The van der Waals surface area contributed by atoms with E-state index < -0.39 is 76.0 Å². The van der Waals surface area contributed by atoms with Gasteiger partial charge in [0.05, 0.1) is 5.56 Å². The van der Waals surface area contributed by atoms with Crippen LogP contribution in [0.3, 0.4) is 0 Å².